The van der Waals surface area contributed by atoms with Crippen molar-refractivity contribution in [2.45, 2.75) is 65.9 Å². The second kappa shape index (κ2) is 13.0. The molecule has 0 bridgehead atoms. The summed E-state index contributed by atoms with van der Waals surface area (Å²) in [6.07, 6.45) is 10.8. The fraction of sp³-hybridized carbons (Fsp3) is 0.444. The number of aliphatic hydroxyl groups is 2. The van der Waals surface area contributed by atoms with Gasteiger partial charge in [0.25, 0.3) is 0 Å². The minimum atomic E-state index is -0.678. The number of aliphatic hydroxyl groups excluding tert-OH is 2. The molecule has 2 aromatic rings. The van der Waals surface area contributed by atoms with Crippen LogP contribution in [0.15, 0.2) is 54.4 Å². The highest BCUT2D eigenvalue weighted by atomic mass is 16.3. The van der Waals surface area contributed by atoms with Crippen LogP contribution in [0.5, 0.6) is 0 Å². The number of hydrogen-bond acceptors (Lipinski definition) is 5. The first-order valence-electron chi connectivity index (χ1n) is 11.7. The van der Waals surface area contributed by atoms with Gasteiger partial charge >= 0.3 is 0 Å². The van der Waals surface area contributed by atoms with E-state index in [0.29, 0.717) is 24.2 Å². The normalized spacial score (nSPS) is 15.0. The number of aromatic nitrogens is 2. The molecule has 1 amide bonds. The summed E-state index contributed by atoms with van der Waals surface area (Å²) >= 11 is 0. The van der Waals surface area contributed by atoms with Crippen LogP contribution >= 0.6 is 0 Å². The van der Waals surface area contributed by atoms with Crippen molar-refractivity contribution in [3.05, 3.63) is 60.1 Å². The largest absolute Gasteiger partial charge is 0.396 e. The highest BCUT2D eigenvalue weighted by Crippen LogP contribution is 2.30. The van der Waals surface area contributed by atoms with Gasteiger partial charge in [-0.2, -0.15) is 0 Å². The van der Waals surface area contributed by atoms with Crippen molar-refractivity contribution in [3.63, 3.8) is 0 Å². The van der Waals surface area contributed by atoms with Crippen molar-refractivity contribution in [1.29, 1.82) is 0 Å². The van der Waals surface area contributed by atoms with E-state index >= 15 is 0 Å². The van der Waals surface area contributed by atoms with Crippen LogP contribution in [-0.4, -0.2) is 38.8 Å². The Hall–Kier alpha value is -2.83. The Kier molecular flexibility index (Phi) is 10.4. The first-order chi connectivity index (χ1) is 15.8. The fourth-order valence-corrected chi connectivity index (χ4v) is 3.33. The SMILES string of the molecule is C=C(/C=C(C)\C(=C/C)c1cc2cnc(NC(=O)C3CC3)cc2cn1)C(O)CCCO.CCC. The van der Waals surface area contributed by atoms with Crippen LogP contribution in [-0.2, 0) is 4.79 Å². The van der Waals surface area contributed by atoms with Crippen LogP contribution in [0, 0.1) is 5.92 Å². The van der Waals surface area contributed by atoms with E-state index in [9.17, 15) is 9.90 Å². The van der Waals surface area contributed by atoms with Gasteiger partial charge in [0.15, 0.2) is 0 Å². The topological polar surface area (TPSA) is 95.3 Å². The summed E-state index contributed by atoms with van der Waals surface area (Å²) in [6, 6.07) is 3.80. The van der Waals surface area contributed by atoms with Gasteiger partial charge in [0.05, 0.1) is 11.8 Å². The lowest BCUT2D eigenvalue weighted by Crippen LogP contribution is -2.14. The number of carbonyl (C=O) groups excluding carboxylic acids is 1. The van der Waals surface area contributed by atoms with E-state index in [4.69, 9.17) is 5.11 Å². The zero-order valence-electron chi connectivity index (χ0n) is 20.3. The molecule has 1 fully saturated rings. The van der Waals surface area contributed by atoms with E-state index in [1.54, 1.807) is 12.4 Å². The standard InChI is InChI=1S/C24H29N3O3.C3H8/c1-4-20(15(2)10-16(3)22(29)6-5-9-28)21-11-18-14-26-23(12-19(18)13-25-21)27-24(30)17-7-8-17;1-3-2/h4,10-14,17,22,28-29H,3,5-9H2,1-2H3,(H,26,27,30);3H2,1-2H3/b15-10-,20-4+;. The van der Waals surface area contributed by atoms with Crippen molar-refractivity contribution < 1.29 is 15.0 Å². The predicted molar refractivity (Wildman–Crippen MR) is 136 cm³/mol. The molecule has 1 aliphatic rings. The average Bonchev–Trinajstić information content (AvgIpc) is 3.64. The van der Waals surface area contributed by atoms with Gasteiger partial charge < -0.3 is 15.5 Å². The molecule has 178 valence electrons. The Morgan fingerprint density at radius 1 is 1.24 bits per heavy atom. The predicted octanol–water partition coefficient (Wildman–Crippen LogP) is 5.43. The first-order valence-corrected chi connectivity index (χ1v) is 11.7. The van der Waals surface area contributed by atoms with Crippen LogP contribution in [0.4, 0.5) is 5.82 Å². The fourth-order valence-electron chi connectivity index (χ4n) is 3.33. The molecule has 0 aliphatic heterocycles. The molecule has 6 nitrogen and oxygen atoms in total. The Balaban J connectivity index is 0.00000122. The maximum absolute atomic E-state index is 11.9. The van der Waals surface area contributed by atoms with Gasteiger partial charge in [0, 0.05) is 35.7 Å². The average molecular weight is 452 g/mol. The van der Waals surface area contributed by atoms with Crippen molar-refractivity contribution in [2.24, 2.45) is 5.92 Å². The number of fused-ring (bicyclic) bond motifs is 1. The Morgan fingerprint density at radius 3 is 2.48 bits per heavy atom. The monoisotopic (exact) mass is 451 g/mol. The first kappa shape index (κ1) is 26.4. The van der Waals surface area contributed by atoms with E-state index in [2.05, 4.69) is 35.7 Å². The van der Waals surface area contributed by atoms with E-state index in [1.165, 1.54) is 6.42 Å². The van der Waals surface area contributed by atoms with Gasteiger partial charge in [0.1, 0.15) is 5.82 Å². The molecule has 2 heterocycles. The van der Waals surface area contributed by atoms with E-state index < -0.39 is 6.10 Å². The summed E-state index contributed by atoms with van der Waals surface area (Å²) in [7, 11) is 0. The summed E-state index contributed by atoms with van der Waals surface area (Å²) in [5, 5.41) is 23.8. The van der Waals surface area contributed by atoms with Crippen LogP contribution in [0.25, 0.3) is 16.3 Å². The zero-order valence-corrected chi connectivity index (χ0v) is 20.3. The summed E-state index contributed by atoms with van der Waals surface area (Å²) in [4.78, 5) is 20.9. The summed E-state index contributed by atoms with van der Waals surface area (Å²) in [5.74, 6) is 0.709. The maximum atomic E-state index is 11.9. The third kappa shape index (κ3) is 7.91. The molecule has 2 aromatic heterocycles. The number of nitrogens with zero attached hydrogens (tertiary/aromatic N) is 2. The number of nitrogens with one attached hydrogen (secondary N) is 1. The molecule has 3 rings (SSSR count). The number of hydrogen-bond donors (Lipinski definition) is 3. The molecule has 0 aromatic carbocycles. The molecule has 6 heteroatoms. The number of anilines is 1. The second-order valence-corrected chi connectivity index (χ2v) is 8.44. The van der Waals surface area contributed by atoms with Gasteiger partial charge in [-0.15, -0.1) is 0 Å². The highest BCUT2D eigenvalue weighted by Gasteiger charge is 2.29. The summed E-state index contributed by atoms with van der Waals surface area (Å²) in [6.45, 7) is 12.2. The molecule has 1 saturated carbocycles. The third-order valence-corrected chi connectivity index (χ3v) is 5.26. The smallest absolute Gasteiger partial charge is 0.228 e. The van der Waals surface area contributed by atoms with Crippen molar-refractivity contribution in [2.75, 3.05) is 11.9 Å². The van der Waals surface area contributed by atoms with Crippen molar-refractivity contribution >= 4 is 28.1 Å². The molecular weight excluding hydrogens is 414 g/mol. The number of rotatable bonds is 9. The minimum absolute atomic E-state index is 0.0322. The Morgan fingerprint density at radius 2 is 1.88 bits per heavy atom. The molecule has 3 N–H and O–H groups in total. The number of allylic oxidation sites excluding steroid dienone is 3. The maximum Gasteiger partial charge on any atom is 0.228 e. The minimum Gasteiger partial charge on any atom is -0.396 e. The molecule has 33 heavy (non-hydrogen) atoms. The van der Waals surface area contributed by atoms with E-state index in [-0.39, 0.29) is 18.4 Å². The van der Waals surface area contributed by atoms with Crippen LogP contribution in [0.1, 0.15) is 65.5 Å². The van der Waals surface area contributed by atoms with Crippen LogP contribution in [0.2, 0.25) is 0 Å². The van der Waals surface area contributed by atoms with Gasteiger partial charge in [-0.1, -0.05) is 39.0 Å². The lowest BCUT2D eigenvalue weighted by Gasteiger charge is -2.13. The number of amides is 1. The molecular formula is C27H37N3O3. The number of carbonyl (C=O) groups is 1. The van der Waals surface area contributed by atoms with Crippen LogP contribution in [0.3, 0.4) is 0 Å². The van der Waals surface area contributed by atoms with Gasteiger partial charge in [0.2, 0.25) is 5.91 Å². The summed E-state index contributed by atoms with van der Waals surface area (Å²) in [5.41, 5.74) is 3.30. The van der Waals surface area contributed by atoms with Crippen molar-refractivity contribution in [1.82, 2.24) is 9.97 Å². The van der Waals surface area contributed by atoms with E-state index in [1.807, 2.05) is 38.1 Å². The lowest BCUT2D eigenvalue weighted by molar-refractivity contribution is -0.117. The van der Waals surface area contributed by atoms with Gasteiger partial charge in [-0.3, -0.25) is 9.78 Å². The molecule has 1 atom stereocenters. The lowest BCUT2D eigenvalue weighted by atomic mass is 9.97. The molecule has 0 spiro atoms. The van der Waals surface area contributed by atoms with Crippen LogP contribution < -0.4 is 5.32 Å². The Labute approximate surface area is 197 Å². The Bertz CT molecular complexity index is 1020. The molecule has 0 radical (unpaired) electrons. The van der Waals surface area contributed by atoms with E-state index in [0.717, 1.165) is 40.5 Å². The third-order valence-electron chi connectivity index (χ3n) is 5.26. The second-order valence-electron chi connectivity index (χ2n) is 8.44. The molecule has 1 unspecified atom stereocenters. The molecule has 1 aliphatic carbocycles. The zero-order chi connectivity index (χ0) is 24.4. The molecule has 0 saturated heterocycles. The number of pyridine rings is 2. The summed E-state index contributed by atoms with van der Waals surface area (Å²) < 4.78 is 0. The quantitative estimate of drug-likeness (QED) is 0.442. The van der Waals surface area contributed by atoms with Gasteiger partial charge in [-0.25, -0.2) is 4.98 Å². The van der Waals surface area contributed by atoms with Gasteiger partial charge in [-0.05, 0) is 68.4 Å². The van der Waals surface area contributed by atoms with Crippen molar-refractivity contribution in [3.8, 4) is 0 Å². The highest BCUT2D eigenvalue weighted by molar-refractivity contribution is 5.95.